The van der Waals surface area contributed by atoms with E-state index in [1.807, 2.05) is 54.6 Å². The molecule has 9 nitrogen and oxygen atoms in total. The van der Waals surface area contributed by atoms with Crippen molar-refractivity contribution in [1.82, 2.24) is 15.4 Å². The van der Waals surface area contributed by atoms with Crippen LogP contribution in [-0.2, 0) is 17.3 Å². The lowest BCUT2D eigenvalue weighted by atomic mass is 10.0. The second kappa shape index (κ2) is 16.6. The van der Waals surface area contributed by atoms with Gasteiger partial charge in [0, 0.05) is 18.0 Å². The molecule has 0 spiro atoms. The van der Waals surface area contributed by atoms with Gasteiger partial charge in [-0.3, -0.25) is 24.7 Å². The molecule has 4 aromatic rings. The van der Waals surface area contributed by atoms with E-state index in [0.717, 1.165) is 47.3 Å². The number of nitrogens with zero attached hydrogens (tertiary/aromatic N) is 2. The Balaban J connectivity index is 0.00000114. The zero-order valence-electron chi connectivity index (χ0n) is 23.6. The topological polar surface area (TPSA) is 132 Å². The predicted octanol–water partition coefficient (Wildman–Crippen LogP) is 5.27. The van der Waals surface area contributed by atoms with Crippen molar-refractivity contribution in [2.45, 2.75) is 45.1 Å². The van der Waals surface area contributed by atoms with Gasteiger partial charge in [-0.15, -0.1) is 0 Å². The second-order valence-electron chi connectivity index (χ2n) is 9.48. The first kappa shape index (κ1) is 32.0. The van der Waals surface area contributed by atoms with Crippen molar-refractivity contribution in [3.63, 3.8) is 0 Å². The van der Waals surface area contributed by atoms with Gasteiger partial charge >= 0.3 is 0 Å². The van der Waals surface area contributed by atoms with Crippen LogP contribution in [-0.4, -0.2) is 44.2 Å². The lowest BCUT2D eigenvalue weighted by Crippen LogP contribution is -2.49. The molecular weight excluding hydrogens is 534 g/mol. The van der Waals surface area contributed by atoms with Crippen LogP contribution in [0.4, 0.5) is 0 Å². The summed E-state index contributed by atoms with van der Waals surface area (Å²) in [4.78, 5) is 27.8. The number of hydrogen-bond donors (Lipinski definition) is 4. The van der Waals surface area contributed by atoms with Crippen LogP contribution in [0, 0.1) is 0 Å². The highest BCUT2D eigenvalue weighted by Crippen LogP contribution is 2.34. The largest absolute Gasteiger partial charge is 0.493 e. The molecule has 4 rings (SSSR count). The number of hydroxylamine groups is 1. The summed E-state index contributed by atoms with van der Waals surface area (Å²) in [5.74, 6) is -2.80. The number of nitrogens with one attached hydrogen (secondary N) is 1. The number of hydrogen-bond acceptors (Lipinski definition) is 7. The minimum Gasteiger partial charge on any atom is -0.493 e. The first-order valence-electron chi connectivity index (χ1n) is 13.8. The molecule has 0 atom stereocenters. The summed E-state index contributed by atoms with van der Waals surface area (Å²) in [5, 5.41) is 30.4. The Morgan fingerprint density at radius 2 is 1.60 bits per heavy atom. The average molecular weight is 572 g/mol. The fourth-order valence-electron chi connectivity index (χ4n) is 4.31. The second-order valence-corrected chi connectivity index (χ2v) is 9.48. The summed E-state index contributed by atoms with van der Waals surface area (Å²) < 4.78 is 5.96. The number of unbranched alkanes of at least 4 members (excludes halogenated alkanes) is 3. The van der Waals surface area contributed by atoms with E-state index in [2.05, 4.69) is 11.9 Å². The zero-order chi connectivity index (χ0) is 30.2. The summed E-state index contributed by atoms with van der Waals surface area (Å²) in [5.41, 5.74) is 4.30. The van der Waals surface area contributed by atoms with Crippen LogP contribution in [0.15, 0.2) is 103 Å². The molecule has 2 amide bonds. The maximum atomic E-state index is 13.8. The summed E-state index contributed by atoms with van der Waals surface area (Å²) in [6.45, 7) is 2.59. The maximum Gasteiger partial charge on any atom is 0.281 e. The number of para-hydroxylation sites is 1. The molecule has 220 valence electrons. The molecule has 0 aliphatic carbocycles. The van der Waals surface area contributed by atoms with Gasteiger partial charge in [0.1, 0.15) is 5.75 Å². The molecule has 0 saturated heterocycles. The SMILES string of the molecule is CCCCCCOc1ccccc1C(O)(O)N(Cc1ccccc1)C(=O)c1ccc(-c2cccnc2)cc1.O=CNO. The zero-order valence-corrected chi connectivity index (χ0v) is 23.6. The number of rotatable bonds is 13. The lowest BCUT2D eigenvalue weighted by molar-refractivity contribution is -0.259. The fourth-order valence-corrected chi connectivity index (χ4v) is 4.31. The highest BCUT2D eigenvalue weighted by atomic mass is 16.5. The van der Waals surface area contributed by atoms with Crippen molar-refractivity contribution >= 4 is 12.3 Å². The van der Waals surface area contributed by atoms with Gasteiger partial charge in [0.2, 0.25) is 6.41 Å². The molecule has 42 heavy (non-hydrogen) atoms. The Morgan fingerprint density at radius 3 is 2.24 bits per heavy atom. The molecule has 9 heteroatoms. The van der Waals surface area contributed by atoms with Gasteiger partial charge in [0.15, 0.2) is 0 Å². The van der Waals surface area contributed by atoms with E-state index in [1.165, 1.54) is 5.48 Å². The maximum absolute atomic E-state index is 13.8. The molecule has 0 fully saturated rings. The van der Waals surface area contributed by atoms with Crippen LogP contribution in [0.2, 0.25) is 0 Å². The summed E-state index contributed by atoms with van der Waals surface area (Å²) >= 11 is 0. The molecule has 0 bridgehead atoms. The van der Waals surface area contributed by atoms with Crippen molar-refractivity contribution in [3.05, 3.63) is 120 Å². The Hall–Kier alpha value is -4.57. The average Bonchev–Trinajstić information content (AvgIpc) is 3.04. The van der Waals surface area contributed by atoms with Gasteiger partial charge < -0.3 is 14.9 Å². The van der Waals surface area contributed by atoms with Gasteiger partial charge in [-0.25, -0.2) is 5.48 Å². The van der Waals surface area contributed by atoms with E-state index in [1.54, 1.807) is 48.8 Å². The third-order valence-corrected chi connectivity index (χ3v) is 6.49. The van der Waals surface area contributed by atoms with Crippen LogP contribution in [0.25, 0.3) is 11.1 Å². The first-order chi connectivity index (χ1) is 20.4. The Morgan fingerprint density at radius 1 is 0.905 bits per heavy atom. The molecule has 1 heterocycles. The molecule has 0 radical (unpaired) electrons. The number of amides is 2. The fraction of sp³-hybridized carbons (Fsp3) is 0.242. The monoisotopic (exact) mass is 571 g/mol. The normalized spacial score (nSPS) is 10.7. The number of benzene rings is 3. The Kier molecular flexibility index (Phi) is 12.7. The van der Waals surface area contributed by atoms with E-state index >= 15 is 0 Å². The third kappa shape index (κ3) is 8.97. The Bertz CT molecular complexity index is 1370. The highest BCUT2D eigenvalue weighted by Gasteiger charge is 2.40. The van der Waals surface area contributed by atoms with Crippen molar-refractivity contribution < 1.29 is 29.7 Å². The highest BCUT2D eigenvalue weighted by molar-refractivity contribution is 5.95. The van der Waals surface area contributed by atoms with Crippen LogP contribution in [0.5, 0.6) is 5.75 Å². The van der Waals surface area contributed by atoms with Crippen molar-refractivity contribution in [2.24, 2.45) is 0 Å². The smallest absolute Gasteiger partial charge is 0.281 e. The molecule has 3 aromatic carbocycles. The first-order valence-corrected chi connectivity index (χ1v) is 13.8. The van der Waals surface area contributed by atoms with Crippen molar-refractivity contribution in [2.75, 3.05) is 6.61 Å². The van der Waals surface area contributed by atoms with Crippen LogP contribution in [0.1, 0.15) is 54.1 Å². The minimum absolute atomic E-state index is 0.0120. The van der Waals surface area contributed by atoms with E-state index in [9.17, 15) is 15.0 Å². The van der Waals surface area contributed by atoms with Gasteiger partial charge in [-0.05, 0) is 53.4 Å². The van der Waals surface area contributed by atoms with Crippen LogP contribution >= 0.6 is 0 Å². The number of pyridine rings is 1. The summed E-state index contributed by atoms with van der Waals surface area (Å²) in [6, 6.07) is 26.9. The number of aromatic nitrogens is 1. The predicted molar refractivity (Wildman–Crippen MR) is 159 cm³/mol. The van der Waals surface area contributed by atoms with Crippen molar-refractivity contribution in [3.8, 4) is 16.9 Å². The molecule has 4 N–H and O–H groups in total. The van der Waals surface area contributed by atoms with E-state index in [4.69, 9.17) is 14.7 Å². The van der Waals surface area contributed by atoms with Gasteiger partial charge in [0.25, 0.3) is 11.8 Å². The van der Waals surface area contributed by atoms with Crippen LogP contribution in [0.3, 0.4) is 0 Å². The standard InChI is InChI=1S/C32H34N2O4.CH3NO2/c1-2-3-4-10-22-38-30-16-9-8-15-29(30)32(36,37)34(24-25-12-6-5-7-13-25)31(35)27-19-17-26(18-20-27)28-14-11-21-33-23-28;3-1-2-4/h5-9,11-21,23,36-37H,2-4,10,22,24H2,1H3;1,4H,(H,2,3). The molecule has 0 saturated carbocycles. The lowest BCUT2D eigenvalue weighted by Gasteiger charge is -2.36. The summed E-state index contributed by atoms with van der Waals surface area (Å²) in [7, 11) is 0. The molecule has 0 unspecified atom stereocenters. The van der Waals surface area contributed by atoms with E-state index in [-0.39, 0.29) is 18.5 Å². The molecule has 0 aliphatic heterocycles. The number of aliphatic hydroxyl groups is 2. The number of carbonyl (C=O) groups excluding carboxylic acids is 2. The molecule has 1 aromatic heterocycles. The minimum atomic E-state index is -2.62. The third-order valence-electron chi connectivity index (χ3n) is 6.49. The van der Waals surface area contributed by atoms with Gasteiger partial charge in [0.05, 0.1) is 18.7 Å². The molecular formula is C33H37N3O6. The van der Waals surface area contributed by atoms with Crippen LogP contribution < -0.4 is 10.2 Å². The molecule has 0 aliphatic rings. The Labute approximate surface area is 246 Å². The van der Waals surface area contributed by atoms with Gasteiger partial charge in [-0.2, -0.15) is 0 Å². The van der Waals surface area contributed by atoms with Gasteiger partial charge in [-0.1, -0.05) is 86.8 Å². The number of carbonyl (C=O) groups is 2. The number of ether oxygens (including phenoxy) is 1. The quantitative estimate of drug-likeness (QED) is 0.0565. The van der Waals surface area contributed by atoms with E-state index < -0.39 is 11.8 Å². The summed E-state index contributed by atoms with van der Waals surface area (Å²) in [6.07, 6.45) is 7.78. The van der Waals surface area contributed by atoms with Crippen molar-refractivity contribution in [1.29, 1.82) is 0 Å². The van der Waals surface area contributed by atoms with E-state index in [0.29, 0.717) is 17.9 Å².